The summed E-state index contributed by atoms with van der Waals surface area (Å²) in [5, 5.41) is 0.575. The van der Waals surface area contributed by atoms with E-state index in [-0.39, 0.29) is 36.3 Å². The van der Waals surface area contributed by atoms with Gasteiger partial charge in [-0.15, -0.1) is 0 Å². The third-order valence-electron chi connectivity index (χ3n) is 6.35. The monoisotopic (exact) mass is 538 g/mol. The van der Waals surface area contributed by atoms with Crippen molar-refractivity contribution in [2.75, 3.05) is 16.4 Å². The molecule has 3 aromatic carbocycles. The summed E-state index contributed by atoms with van der Waals surface area (Å²) in [6, 6.07) is 20.0. The molecule has 0 saturated carbocycles. The van der Waals surface area contributed by atoms with E-state index in [0.717, 1.165) is 11.3 Å². The molecular weight excluding hydrogens is 511 g/mol. The number of benzene rings is 3. The Balaban J connectivity index is 1.61. The molecule has 2 unspecified atom stereocenters. The molecule has 0 bridgehead atoms. The van der Waals surface area contributed by atoms with E-state index in [2.05, 4.69) is 4.74 Å². The number of halogens is 2. The molecule has 0 fully saturated rings. The van der Waals surface area contributed by atoms with Crippen molar-refractivity contribution in [3.8, 4) is 5.75 Å². The fourth-order valence-electron chi connectivity index (χ4n) is 4.71. The van der Waals surface area contributed by atoms with Crippen LogP contribution in [0.4, 0.5) is 15.8 Å². The van der Waals surface area contributed by atoms with Gasteiger partial charge < -0.3 is 19.3 Å². The Hall–Kier alpha value is -3.91. The topological polar surface area (TPSA) is 76.2 Å². The Labute approximate surface area is 225 Å². The molecule has 2 amide bonds. The van der Waals surface area contributed by atoms with Gasteiger partial charge >= 0.3 is 12.3 Å². The third kappa shape index (κ3) is 5.65. The minimum Gasteiger partial charge on any atom is -0.461 e. The van der Waals surface area contributed by atoms with Crippen LogP contribution in [0.25, 0.3) is 0 Å². The molecule has 3 atom stereocenters. The van der Waals surface area contributed by atoms with Crippen molar-refractivity contribution >= 4 is 40.8 Å². The number of carbonyl (C=O) groups excluding carboxylic acids is 3. The lowest BCUT2D eigenvalue weighted by molar-refractivity contribution is -0.159. The number of fused-ring (bicyclic) bond motifs is 1. The van der Waals surface area contributed by atoms with E-state index in [1.165, 1.54) is 31.2 Å². The molecule has 3 aromatic rings. The van der Waals surface area contributed by atoms with Gasteiger partial charge in [0, 0.05) is 34.9 Å². The van der Waals surface area contributed by atoms with E-state index >= 15 is 0 Å². The van der Waals surface area contributed by atoms with E-state index < -0.39 is 12.3 Å². The summed E-state index contributed by atoms with van der Waals surface area (Å²) in [5.41, 5.74) is 2.63. The minimum absolute atomic E-state index is 0.0380. The van der Waals surface area contributed by atoms with E-state index in [9.17, 15) is 18.8 Å². The standard InChI is InChI=1S/C29H28ClFN2O5/c1-4-37-29(36)27(31)38-23-15-9-20(10-16-23)28(35)32-18(2)17-26(24-7-5-6-8-25(24)32)33(19(3)34)22-13-11-21(30)12-14-22/h5-16,18,26-27H,4,17H2,1-3H3/t18?,26?,27-/m1/s1. The molecular formula is C29H28ClFN2O5. The fourth-order valence-corrected chi connectivity index (χ4v) is 4.84. The fraction of sp³-hybridized carbons (Fsp3) is 0.276. The van der Waals surface area contributed by atoms with Crippen LogP contribution in [0.3, 0.4) is 0 Å². The van der Waals surface area contributed by atoms with Crippen LogP contribution in [0.2, 0.25) is 5.02 Å². The molecule has 9 heteroatoms. The Bertz CT molecular complexity index is 1320. The van der Waals surface area contributed by atoms with Crippen molar-refractivity contribution in [2.24, 2.45) is 0 Å². The number of para-hydroxylation sites is 1. The van der Waals surface area contributed by atoms with Crippen molar-refractivity contribution in [2.45, 2.75) is 45.6 Å². The van der Waals surface area contributed by atoms with E-state index in [0.29, 0.717) is 22.7 Å². The lowest BCUT2D eigenvalue weighted by Crippen LogP contribution is -2.47. The molecule has 4 rings (SSSR count). The number of anilines is 2. The number of esters is 1. The second-order valence-corrected chi connectivity index (χ2v) is 9.35. The van der Waals surface area contributed by atoms with Crippen LogP contribution >= 0.6 is 11.6 Å². The van der Waals surface area contributed by atoms with Gasteiger partial charge in [0.1, 0.15) is 5.75 Å². The Morgan fingerprint density at radius 3 is 2.34 bits per heavy atom. The summed E-state index contributed by atoms with van der Waals surface area (Å²) in [5.74, 6) is -1.39. The number of alkyl halides is 1. The highest BCUT2D eigenvalue weighted by Gasteiger charge is 2.38. The van der Waals surface area contributed by atoms with Crippen molar-refractivity contribution in [1.29, 1.82) is 0 Å². The maximum atomic E-state index is 13.9. The first-order valence-electron chi connectivity index (χ1n) is 12.3. The first-order valence-corrected chi connectivity index (χ1v) is 12.6. The van der Waals surface area contributed by atoms with Crippen LogP contribution in [0.1, 0.15) is 49.2 Å². The smallest absolute Gasteiger partial charge is 0.381 e. The van der Waals surface area contributed by atoms with Crippen LogP contribution in [0.15, 0.2) is 72.8 Å². The molecule has 0 aromatic heterocycles. The molecule has 0 spiro atoms. The molecule has 7 nitrogen and oxygen atoms in total. The molecule has 1 aliphatic rings. The largest absolute Gasteiger partial charge is 0.461 e. The lowest BCUT2D eigenvalue weighted by Gasteiger charge is -2.43. The summed E-state index contributed by atoms with van der Waals surface area (Å²) in [7, 11) is 0. The van der Waals surface area contributed by atoms with Gasteiger partial charge in [-0.2, -0.15) is 4.39 Å². The second-order valence-electron chi connectivity index (χ2n) is 8.91. The normalized spacial score (nSPS) is 17.2. The van der Waals surface area contributed by atoms with Crippen molar-refractivity contribution in [3.05, 3.63) is 88.9 Å². The summed E-state index contributed by atoms with van der Waals surface area (Å²) >= 11 is 6.06. The number of nitrogens with zero attached hydrogens (tertiary/aromatic N) is 2. The molecule has 0 radical (unpaired) electrons. The molecule has 0 saturated heterocycles. The molecule has 1 aliphatic heterocycles. The number of hydrogen-bond donors (Lipinski definition) is 0. The van der Waals surface area contributed by atoms with E-state index in [1.807, 2.05) is 43.3 Å². The number of amides is 2. The van der Waals surface area contributed by atoms with Crippen LogP contribution in [-0.4, -0.2) is 36.8 Å². The van der Waals surface area contributed by atoms with Gasteiger partial charge in [-0.3, -0.25) is 9.59 Å². The van der Waals surface area contributed by atoms with Crippen molar-refractivity contribution < 1.29 is 28.2 Å². The summed E-state index contributed by atoms with van der Waals surface area (Å²) in [4.78, 5) is 41.4. The highest BCUT2D eigenvalue weighted by Crippen LogP contribution is 2.43. The number of hydrogen-bond acceptors (Lipinski definition) is 5. The van der Waals surface area contributed by atoms with Crippen LogP contribution in [0, 0.1) is 0 Å². The van der Waals surface area contributed by atoms with Crippen molar-refractivity contribution in [3.63, 3.8) is 0 Å². The van der Waals surface area contributed by atoms with Crippen LogP contribution in [-0.2, 0) is 14.3 Å². The number of ether oxygens (including phenoxy) is 2. The van der Waals surface area contributed by atoms with Gasteiger partial charge in [0.2, 0.25) is 5.91 Å². The van der Waals surface area contributed by atoms with Gasteiger partial charge in [-0.1, -0.05) is 29.8 Å². The maximum Gasteiger partial charge on any atom is 0.381 e. The molecule has 198 valence electrons. The predicted molar refractivity (Wildman–Crippen MR) is 143 cm³/mol. The Kier molecular flexibility index (Phi) is 8.32. The van der Waals surface area contributed by atoms with E-state index in [1.54, 1.807) is 28.9 Å². The second kappa shape index (κ2) is 11.6. The molecule has 1 heterocycles. The number of rotatable bonds is 7. The quantitative estimate of drug-likeness (QED) is 0.339. The predicted octanol–water partition coefficient (Wildman–Crippen LogP) is 6.11. The highest BCUT2D eigenvalue weighted by atomic mass is 35.5. The zero-order valence-electron chi connectivity index (χ0n) is 21.3. The van der Waals surface area contributed by atoms with Gasteiger partial charge in [0.15, 0.2) is 0 Å². The summed E-state index contributed by atoms with van der Waals surface area (Å²) < 4.78 is 23.5. The Morgan fingerprint density at radius 1 is 1.05 bits per heavy atom. The van der Waals surface area contributed by atoms with E-state index in [4.69, 9.17) is 16.3 Å². The molecule has 38 heavy (non-hydrogen) atoms. The zero-order valence-corrected chi connectivity index (χ0v) is 22.0. The van der Waals surface area contributed by atoms with Gasteiger partial charge in [0.05, 0.1) is 12.6 Å². The lowest BCUT2D eigenvalue weighted by atomic mass is 9.89. The summed E-state index contributed by atoms with van der Waals surface area (Å²) in [6.07, 6.45) is -1.75. The van der Waals surface area contributed by atoms with Gasteiger partial charge in [0.25, 0.3) is 5.91 Å². The zero-order chi connectivity index (χ0) is 27.4. The van der Waals surface area contributed by atoms with Crippen LogP contribution in [0.5, 0.6) is 5.75 Å². The Morgan fingerprint density at radius 2 is 1.71 bits per heavy atom. The third-order valence-corrected chi connectivity index (χ3v) is 6.60. The van der Waals surface area contributed by atoms with Crippen molar-refractivity contribution in [1.82, 2.24) is 0 Å². The maximum absolute atomic E-state index is 13.9. The highest BCUT2D eigenvalue weighted by molar-refractivity contribution is 6.30. The SMILES string of the molecule is CCOC(=O)[C@H](F)Oc1ccc(C(=O)N2c3ccccc3C(N(C(C)=O)c3ccc(Cl)cc3)CC2C)cc1. The van der Waals surface area contributed by atoms with Crippen LogP contribution < -0.4 is 14.5 Å². The van der Waals surface area contributed by atoms with Gasteiger partial charge in [-0.25, -0.2) is 4.79 Å². The average Bonchev–Trinajstić information content (AvgIpc) is 2.90. The van der Waals surface area contributed by atoms with Gasteiger partial charge in [-0.05, 0) is 80.4 Å². The minimum atomic E-state index is -2.26. The number of carbonyl (C=O) groups is 3. The first kappa shape index (κ1) is 27.1. The molecule has 0 aliphatic carbocycles. The summed E-state index contributed by atoms with van der Waals surface area (Å²) in [6.45, 7) is 5.07. The first-order chi connectivity index (χ1) is 18.2. The molecule has 0 N–H and O–H groups in total. The average molecular weight is 539 g/mol.